The summed E-state index contributed by atoms with van der Waals surface area (Å²) in [7, 11) is 0. The van der Waals surface area contributed by atoms with Crippen molar-refractivity contribution in [2.45, 2.75) is 20.8 Å². The van der Waals surface area contributed by atoms with E-state index in [1.807, 2.05) is 57.2 Å². The van der Waals surface area contributed by atoms with Crippen molar-refractivity contribution in [3.8, 4) is 0 Å². The maximum Gasteiger partial charge on any atom is 0.286 e. The van der Waals surface area contributed by atoms with Gasteiger partial charge in [0.2, 0.25) is 0 Å². The molecule has 0 radical (unpaired) electrons. The normalized spacial score (nSPS) is 10.6. The summed E-state index contributed by atoms with van der Waals surface area (Å²) >= 11 is 0. The number of fused-ring (bicyclic) bond motifs is 1. The first-order chi connectivity index (χ1) is 12.4. The Morgan fingerprint density at radius 1 is 0.923 bits per heavy atom. The first kappa shape index (κ1) is 17.5. The van der Waals surface area contributed by atoms with Crippen LogP contribution in [0.1, 0.15) is 27.2 Å². The molecule has 6 nitrogen and oxygen atoms in total. The minimum atomic E-state index is -0.390. The summed E-state index contributed by atoms with van der Waals surface area (Å²) in [5.41, 5.74) is 10.4. The van der Waals surface area contributed by atoms with Gasteiger partial charge in [0.1, 0.15) is 5.69 Å². The smallest absolute Gasteiger partial charge is 0.286 e. The van der Waals surface area contributed by atoms with Crippen LogP contribution in [0.3, 0.4) is 0 Å². The van der Waals surface area contributed by atoms with Crippen LogP contribution in [0.25, 0.3) is 10.9 Å². The number of benzene rings is 2. The molecule has 0 aliphatic rings. The number of carbonyl (C=O) groups is 2. The molecule has 6 heteroatoms. The molecule has 0 spiro atoms. The molecule has 2 aromatic carbocycles. The Hall–Kier alpha value is -3.28. The van der Waals surface area contributed by atoms with Crippen molar-refractivity contribution in [2.75, 3.05) is 11.9 Å². The van der Waals surface area contributed by atoms with E-state index in [1.165, 1.54) is 5.56 Å². The quantitative estimate of drug-likeness (QED) is 0.546. The average Bonchev–Trinajstić information content (AvgIpc) is 3.02. The fourth-order valence-corrected chi connectivity index (χ4v) is 2.79. The highest BCUT2D eigenvalue weighted by Crippen LogP contribution is 2.17. The largest absolute Gasteiger partial charge is 0.376 e. The molecule has 0 bridgehead atoms. The van der Waals surface area contributed by atoms with Crippen LogP contribution in [0.2, 0.25) is 0 Å². The molecule has 0 saturated heterocycles. The lowest BCUT2D eigenvalue weighted by Crippen LogP contribution is -2.44. The van der Waals surface area contributed by atoms with Crippen molar-refractivity contribution in [3.05, 3.63) is 64.8 Å². The van der Waals surface area contributed by atoms with E-state index in [4.69, 9.17) is 0 Å². The predicted molar refractivity (Wildman–Crippen MR) is 103 cm³/mol. The van der Waals surface area contributed by atoms with Crippen molar-refractivity contribution < 1.29 is 9.59 Å². The minimum absolute atomic E-state index is 0.0656. The summed E-state index contributed by atoms with van der Waals surface area (Å²) in [6, 6.07) is 13.6. The zero-order valence-electron chi connectivity index (χ0n) is 15.1. The van der Waals surface area contributed by atoms with Crippen LogP contribution in [-0.2, 0) is 4.79 Å². The monoisotopic (exact) mass is 350 g/mol. The highest BCUT2D eigenvalue weighted by molar-refractivity contribution is 5.99. The number of carbonyl (C=O) groups excluding carboxylic acids is 2. The number of hydrazine groups is 1. The third-order valence-electron chi connectivity index (χ3n) is 4.16. The SMILES string of the molecule is Cc1ccc(NCC(=O)NNC(=O)c2cc3ccc(C)cc3[nH]2)c(C)c1. The van der Waals surface area contributed by atoms with Crippen LogP contribution < -0.4 is 16.2 Å². The number of nitrogens with one attached hydrogen (secondary N) is 4. The van der Waals surface area contributed by atoms with E-state index in [1.54, 1.807) is 6.07 Å². The fraction of sp³-hybridized carbons (Fsp3) is 0.200. The Kier molecular flexibility index (Phi) is 4.93. The van der Waals surface area contributed by atoms with Crippen molar-refractivity contribution in [3.63, 3.8) is 0 Å². The van der Waals surface area contributed by atoms with Gasteiger partial charge in [-0.1, -0.05) is 29.8 Å². The van der Waals surface area contributed by atoms with Crippen molar-refractivity contribution in [1.29, 1.82) is 0 Å². The standard InChI is InChI=1S/C20H22N4O2/c1-12-5-7-16(14(3)8-12)21-11-19(25)23-24-20(26)18-10-15-6-4-13(2)9-17(15)22-18/h4-10,21-22H,11H2,1-3H3,(H,23,25)(H,24,26). The number of hydrogen-bond acceptors (Lipinski definition) is 3. The van der Waals surface area contributed by atoms with Crippen molar-refractivity contribution in [2.24, 2.45) is 0 Å². The van der Waals surface area contributed by atoms with Gasteiger partial charge in [0, 0.05) is 16.6 Å². The summed E-state index contributed by atoms with van der Waals surface area (Å²) in [6.07, 6.45) is 0. The van der Waals surface area contributed by atoms with Gasteiger partial charge in [0.25, 0.3) is 11.8 Å². The fourth-order valence-electron chi connectivity index (χ4n) is 2.79. The molecule has 0 aliphatic heterocycles. The molecule has 3 aromatic rings. The molecule has 26 heavy (non-hydrogen) atoms. The summed E-state index contributed by atoms with van der Waals surface area (Å²) in [4.78, 5) is 27.2. The summed E-state index contributed by atoms with van der Waals surface area (Å²) in [5, 5.41) is 4.01. The van der Waals surface area contributed by atoms with E-state index < -0.39 is 5.91 Å². The first-order valence-electron chi connectivity index (χ1n) is 8.42. The van der Waals surface area contributed by atoms with Gasteiger partial charge < -0.3 is 10.3 Å². The van der Waals surface area contributed by atoms with Gasteiger partial charge in [-0.05, 0) is 50.1 Å². The molecule has 0 unspecified atom stereocenters. The zero-order chi connectivity index (χ0) is 18.7. The number of amides is 2. The summed E-state index contributed by atoms with van der Waals surface area (Å²) < 4.78 is 0. The van der Waals surface area contributed by atoms with E-state index in [-0.39, 0.29) is 12.5 Å². The minimum Gasteiger partial charge on any atom is -0.376 e. The van der Waals surface area contributed by atoms with Crippen LogP contribution in [0.4, 0.5) is 5.69 Å². The molecular formula is C20H22N4O2. The lowest BCUT2D eigenvalue weighted by Gasteiger charge is -2.11. The number of aromatic nitrogens is 1. The van der Waals surface area contributed by atoms with Crippen LogP contribution in [0, 0.1) is 20.8 Å². The van der Waals surface area contributed by atoms with Gasteiger partial charge in [-0.3, -0.25) is 20.4 Å². The lowest BCUT2D eigenvalue weighted by molar-refractivity contribution is -0.120. The summed E-state index contributed by atoms with van der Waals surface area (Å²) in [6.45, 7) is 6.05. The number of rotatable bonds is 4. The highest BCUT2D eigenvalue weighted by atomic mass is 16.2. The second kappa shape index (κ2) is 7.31. The lowest BCUT2D eigenvalue weighted by atomic mass is 10.1. The van der Waals surface area contributed by atoms with Crippen LogP contribution in [0.5, 0.6) is 0 Å². The maximum atomic E-state index is 12.2. The molecule has 0 saturated carbocycles. The number of aryl methyl sites for hydroxylation is 3. The third kappa shape index (κ3) is 4.03. The Balaban J connectivity index is 1.54. The van der Waals surface area contributed by atoms with Gasteiger partial charge in [-0.25, -0.2) is 0 Å². The highest BCUT2D eigenvalue weighted by Gasteiger charge is 2.11. The van der Waals surface area contributed by atoms with Gasteiger partial charge in [-0.15, -0.1) is 0 Å². The molecule has 2 amide bonds. The number of aromatic amines is 1. The van der Waals surface area contributed by atoms with E-state index in [2.05, 4.69) is 21.2 Å². The van der Waals surface area contributed by atoms with Crippen LogP contribution >= 0.6 is 0 Å². The van der Waals surface area contributed by atoms with Crippen molar-refractivity contribution in [1.82, 2.24) is 15.8 Å². The van der Waals surface area contributed by atoms with Gasteiger partial charge >= 0.3 is 0 Å². The van der Waals surface area contributed by atoms with E-state index in [0.29, 0.717) is 5.69 Å². The Bertz CT molecular complexity index is 975. The maximum absolute atomic E-state index is 12.2. The Morgan fingerprint density at radius 2 is 1.65 bits per heavy atom. The Morgan fingerprint density at radius 3 is 2.42 bits per heavy atom. The van der Waals surface area contributed by atoms with E-state index in [0.717, 1.165) is 27.7 Å². The van der Waals surface area contributed by atoms with Gasteiger partial charge in [-0.2, -0.15) is 0 Å². The number of hydrogen-bond donors (Lipinski definition) is 4. The van der Waals surface area contributed by atoms with Crippen LogP contribution in [0.15, 0.2) is 42.5 Å². The van der Waals surface area contributed by atoms with Crippen LogP contribution in [-0.4, -0.2) is 23.3 Å². The number of anilines is 1. The second-order valence-electron chi connectivity index (χ2n) is 6.45. The topological polar surface area (TPSA) is 86.0 Å². The zero-order valence-corrected chi connectivity index (χ0v) is 15.1. The molecule has 3 rings (SSSR count). The molecule has 1 aromatic heterocycles. The predicted octanol–water partition coefficient (Wildman–Crippen LogP) is 2.97. The average molecular weight is 350 g/mol. The molecule has 0 aliphatic carbocycles. The van der Waals surface area contributed by atoms with Crippen molar-refractivity contribution >= 4 is 28.4 Å². The first-order valence-corrected chi connectivity index (χ1v) is 8.42. The second-order valence-corrected chi connectivity index (χ2v) is 6.45. The molecule has 0 atom stereocenters. The number of H-pyrrole nitrogens is 1. The Labute approximate surface area is 152 Å². The molecular weight excluding hydrogens is 328 g/mol. The van der Waals surface area contributed by atoms with E-state index in [9.17, 15) is 9.59 Å². The van der Waals surface area contributed by atoms with Gasteiger partial charge in [0.05, 0.1) is 6.54 Å². The van der Waals surface area contributed by atoms with E-state index >= 15 is 0 Å². The molecule has 134 valence electrons. The molecule has 4 N–H and O–H groups in total. The molecule has 0 fully saturated rings. The van der Waals surface area contributed by atoms with Gasteiger partial charge in [0.15, 0.2) is 0 Å². The third-order valence-corrected chi connectivity index (χ3v) is 4.16. The summed E-state index contributed by atoms with van der Waals surface area (Å²) in [5.74, 6) is -0.719. The molecule has 1 heterocycles.